The highest BCUT2D eigenvalue weighted by Crippen LogP contribution is 2.33. The quantitative estimate of drug-likeness (QED) is 0.605. The van der Waals surface area contributed by atoms with Crippen LogP contribution in [-0.2, 0) is 4.79 Å². The van der Waals surface area contributed by atoms with E-state index in [4.69, 9.17) is 10.8 Å². The lowest BCUT2D eigenvalue weighted by atomic mass is 10.1. The maximum Gasteiger partial charge on any atom is 0.320 e. The molecule has 1 unspecified atom stereocenters. The Bertz CT molecular complexity index is 132. The summed E-state index contributed by atoms with van der Waals surface area (Å²) < 4.78 is 0. The van der Waals surface area contributed by atoms with E-state index in [-0.39, 0.29) is 0 Å². The molecular weight excluding hydrogens is 130 g/mol. The van der Waals surface area contributed by atoms with Crippen LogP contribution < -0.4 is 5.73 Å². The number of rotatable bonds is 4. The van der Waals surface area contributed by atoms with Crippen molar-refractivity contribution in [1.82, 2.24) is 0 Å². The first kappa shape index (κ1) is 7.54. The second-order valence-corrected chi connectivity index (χ2v) is 2.97. The monoisotopic (exact) mass is 143 g/mol. The molecule has 0 aromatic heterocycles. The molecule has 0 aromatic carbocycles. The van der Waals surface area contributed by atoms with E-state index in [1.54, 1.807) is 0 Å². The molecule has 1 saturated carbocycles. The molecule has 0 spiro atoms. The molecule has 1 aliphatic carbocycles. The van der Waals surface area contributed by atoms with Crippen molar-refractivity contribution in [1.29, 1.82) is 0 Å². The highest BCUT2D eigenvalue weighted by atomic mass is 16.4. The zero-order valence-corrected chi connectivity index (χ0v) is 5.92. The molecule has 0 bridgehead atoms. The highest BCUT2D eigenvalue weighted by molar-refractivity contribution is 5.72. The van der Waals surface area contributed by atoms with Crippen LogP contribution in [0.25, 0.3) is 0 Å². The summed E-state index contributed by atoms with van der Waals surface area (Å²) >= 11 is 0. The summed E-state index contributed by atoms with van der Waals surface area (Å²) in [7, 11) is 0. The molecule has 0 heterocycles. The molecule has 1 atom stereocenters. The van der Waals surface area contributed by atoms with Gasteiger partial charge in [-0.25, -0.2) is 0 Å². The summed E-state index contributed by atoms with van der Waals surface area (Å²) in [6, 6.07) is -0.638. The van der Waals surface area contributed by atoms with Gasteiger partial charge in [0.2, 0.25) is 0 Å². The number of carbonyl (C=O) groups is 1. The predicted octanol–water partition coefficient (Wildman–Crippen LogP) is 0.588. The van der Waals surface area contributed by atoms with Gasteiger partial charge in [0, 0.05) is 0 Å². The number of carboxylic acids is 1. The molecule has 3 N–H and O–H groups in total. The highest BCUT2D eigenvalue weighted by Gasteiger charge is 2.23. The lowest BCUT2D eigenvalue weighted by Crippen LogP contribution is -2.29. The van der Waals surface area contributed by atoms with Gasteiger partial charge in [-0.3, -0.25) is 4.79 Å². The largest absolute Gasteiger partial charge is 0.480 e. The fraction of sp³-hybridized carbons (Fsp3) is 0.857. The molecule has 0 saturated heterocycles. The SMILES string of the molecule is NC(CCC1CC1)C(=O)O. The van der Waals surface area contributed by atoms with Crippen molar-refractivity contribution in [3.63, 3.8) is 0 Å². The van der Waals surface area contributed by atoms with Crippen LogP contribution in [0.5, 0.6) is 0 Å². The van der Waals surface area contributed by atoms with E-state index in [9.17, 15) is 4.79 Å². The first-order chi connectivity index (χ1) is 4.70. The van der Waals surface area contributed by atoms with E-state index in [0.717, 1.165) is 12.3 Å². The topological polar surface area (TPSA) is 63.3 Å². The standard InChI is InChI=1S/C7H13NO2/c8-6(7(9)10)4-3-5-1-2-5/h5-6H,1-4,8H2,(H,9,10). The third-order valence-corrected chi connectivity index (χ3v) is 1.90. The fourth-order valence-corrected chi connectivity index (χ4v) is 0.945. The third-order valence-electron chi connectivity index (χ3n) is 1.90. The van der Waals surface area contributed by atoms with Gasteiger partial charge >= 0.3 is 5.97 Å². The lowest BCUT2D eigenvalue weighted by molar-refractivity contribution is -0.138. The zero-order chi connectivity index (χ0) is 7.56. The van der Waals surface area contributed by atoms with Gasteiger partial charge in [0.15, 0.2) is 0 Å². The van der Waals surface area contributed by atoms with Crippen LogP contribution >= 0.6 is 0 Å². The Hall–Kier alpha value is -0.570. The number of carboxylic acid groups (broad SMARTS) is 1. The summed E-state index contributed by atoms with van der Waals surface area (Å²) in [6.45, 7) is 0. The van der Waals surface area contributed by atoms with Crippen LogP contribution in [0.1, 0.15) is 25.7 Å². The minimum Gasteiger partial charge on any atom is -0.480 e. The van der Waals surface area contributed by atoms with Crippen molar-refractivity contribution in [3.8, 4) is 0 Å². The van der Waals surface area contributed by atoms with Gasteiger partial charge in [0.1, 0.15) is 6.04 Å². The normalized spacial score (nSPS) is 20.5. The first-order valence-corrected chi connectivity index (χ1v) is 3.68. The summed E-state index contributed by atoms with van der Waals surface area (Å²) in [5.41, 5.74) is 5.29. The molecule has 0 radical (unpaired) electrons. The second kappa shape index (κ2) is 3.01. The molecule has 1 aliphatic rings. The first-order valence-electron chi connectivity index (χ1n) is 3.68. The molecule has 3 heteroatoms. The van der Waals surface area contributed by atoms with E-state index in [1.807, 2.05) is 0 Å². The number of hydrogen-bond donors (Lipinski definition) is 2. The van der Waals surface area contributed by atoms with Crippen molar-refractivity contribution in [3.05, 3.63) is 0 Å². The molecule has 1 rings (SSSR count). The molecule has 0 amide bonds. The Kier molecular flexibility index (Phi) is 2.27. The van der Waals surface area contributed by atoms with Gasteiger partial charge in [-0.15, -0.1) is 0 Å². The van der Waals surface area contributed by atoms with Crippen molar-refractivity contribution >= 4 is 5.97 Å². The molecule has 0 aliphatic heterocycles. The summed E-state index contributed by atoms with van der Waals surface area (Å²) in [4.78, 5) is 10.2. The molecular formula is C7H13NO2. The fourth-order valence-electron chi connectivity index (χ4n) is 0.945. The summed E-state index contributed by atoms with van der Waals surface area (Å²) in [5.74, 6) is -0.0916. The molecule has 3 nitrogen and oxygen atoms in total. The van der Waals surface area contributed by atoms with Crippen LogP contribution in [0.15, 0.2) is 0 Å². The van der Waals surface area contributed by atoms with Crippen molar-refractivity contribution in [2.75, 3.05) is 0 Å². The maximum absolute atomic E-state index is 10.2. The third kappa shape index (κ3) is 2.35. The second-order valence-electron chi connectivity index (χ2n) is 2.97. The van der Waals surface area contributed by atoms with Crippen molar-refractivity contribution in [2.24, 2.45) is 11.7 Å². The maximum atomic E-state index is 10.2. The van der Waals surface area contributed by atoms with Gasteiger partial charge in [-0.1, -0.05) is 12.8 Å². The summed E-state index contributed by atoms with van der Waals surface area (Å²) in [6.07, 6.45) is 4.17. The van der Waals surface area contributed by atoms with Crippen LogP contribution in [0.4, 0.5) is 0 Å². The predicted molar refractivity (Wildman–Crippen MR) is 37.6 cm³/mol. The van der Waals surface area contributed by atoms with E-state index < -0.39 is 12.0 Å². The number of nitrogens with two attached hydrogens (primary N) is 1. The lowest BCUT2D eigenvalue weighted by Gasteiger charge is -2.03. The van der Waals surface area contributed by atoms with Gasteiger partial charge in [0.25, 0.3) is 0 Å². The van der Waals surface area contributed by atoms with E-state index in [1.165, 1.54) is 12.8 Å². The molecule has 10 heavy (non-hydrogen) atoms. The van der Waals surface area contributed by atoms with Crippen LogP contribution in [0, 0.1) is 5.92 Å². The molecule has 1 fully saturated rings. The molecule has 0 aromatic rings. The van der Waals surface area contributed by atoms with Crippen molar-refractivity contribution in [2.45, 2.75) is 31.7 Å². The Balaban J connectivity index is 2.05. The van der Waals surface area contributed by atoms with Crippen LogP contribution in [0.3, 0.4) is 0 Å². The smallest absolute Gasteiger partial charge is 0.320 e. The zero-order valence-electron chi connectivity index (χ0n) is 5.92. The van der Waals surface area contributed by atoms with E-state index in [0.29, 0.717) is 6.42 Å². The number of hydrogen-bond acceptors (Lipinski definition) is 2. The average molecular weight is 143 g/mol. The minimum atomic E-state index is -0.874. The van der Waals surface area contributed by atoms with Gasteiger partial charge in [0.05, 0.1) is 0 Å². The van der Waals surface area contributed by atoms with Crippen molar-refractivity contribution < 1.29 is 9.90 Å². The number of aliphatic carboxylic acids is 1. The Morgan fingerprint density at radius 3 is 2.70 bits per heavy atom. The Morgan fingerprint density at radius 1 is 1.70 bits per heavy atom. The molecule has 58 valence electrons. The van der Waals surface area contributed by atoms with Gasteiger partial charge in [-0.2, -0.15) is 0 Å². The van der Waals surface area contributed by atoms with Gasteiger partial charge < -0.3 is 10.8 Å². The Labute approximate surface area is 60.2 Å². The van der Waals surface area contributed by atoms with Crippen LogP contribution in [0.2, 0.25) is 0 Å². The van der Waals surface area contributed by atoms with Gasteiger partial charge in [-0.05, 0) is 18.8 Å². The average Bonchev–Trinajstić information content (AvgIpc) is 2.64. The van der Waals surface area contributed by atoms with E-state index in [2.05, 4.69) is 0 Å². The minimum absolute atomic E-state index is 0.638. The summed E-state index contributed by atoms with van der Waals surface area (Å²) in [5, 5.41) is 8.39. The van der Waals surface area contributed by atoms with E-state index >= 15 is 0 Å². The Morgan fingerprint density at radius 2 is 2.30 bits per heavy atom. The van der Waals surface area contributed by atoms with Crippen LogP contribution in [-0.4, -0.2) is 17.1 Å².